The van der Waals surface area contributed by atoms with E-state index >= 15 is 0 Å². The fraction of sp³-hybridized carbons (Fsp3) is 0.0667. The maximum Gasteiger partial charge on any atom is 0.320 e. The van der Waals surface area contributed by atoms with E-state index in [2.05, 4.69) is 30.2 Å². The molecular weight excluding hydrogens is 378 g/mol. The van der Waals surface area contributed by atoms with Crippen molar-refractivity contribution in [2.24, 2.45) is 10.2 Å². The average Bonchev–Trinajstić information content (AvgIpc) is 3.03. The summed E-state index contributed by atoms with van der Waals surface area (Å²) in [6.07, 6.45) is 0. The molecule has 0 aliphatic rings. The Hall–Kier alpha value is -3.29. The number of anilines is 1. The quantitative estimate of drug-likeness (QED) is 0.581. The Kier molecular flexibility index (Phi) is 4.92. The molecule has 1 aromatic carbocycles. The zero-order chi connectivity index (χ0) is 18.7. The molecule has 3 aromatic rings. The van der Waals surface area contributed by atoms with E-state index in [1.165, 1.54) is 19.2 Å². The lowest BCUT2D eigenvalue weighted by molar-refractivity contribution is 0.253. The normalized spacial score (nSPS) is 10.8. The van der Waals surface area contributed by atoms with Gasteiger partial charge in [-0.2, -0.15) is 9.64 Å². The first-order chi connectivity index (χ1) is 12.5. The second kappa shape index (κ2) is 7.30. The summed E-state index contributed by atoms with van der Waals surface area (Å²) >= 11 is 7.08. The van der Waals surface area contributed by atoms with E-state index in [1.54, 1.807) is 12.1 Å². The Morgan fingerprint density at radius 2 is 2.19 bits per heavy atom. The lowest BCUT2D eigenvalue weighted by Gasteiger charge is -2.05. The molecule has 3 N–H and O–H groups in total. The van der Waals surface area contributed by atoms with E-state index in [-0.39, 0.29) is 17.4 Å². The minimum atomic E-state index is -0.531. The van der Waals surface area contributed by atoms with Crippen LogP contribution < -0.4 is 10.6 Å². The summed E-state index contributed by atoms with van der Waals surface area (Å²) in [6, 6.07) is 7.44. The van der Waals surface area contributed by atoms with E-state index in [0.717, 1.165) is 11.5 Å². The summed E-state index contributed by atoms with van der Waals surface area (Å²) in [5.74, 6) is -0.0807. The van der Waals surface area contributed by atoms with Crippen LogP contribution in [0.1, 0.15) is 5.56 Å². The van der Waals surface area contributed by atoms with Crippen molar-refractivity contribution < 1.29 is 9.90 Å². The van der Waals surface area contributed by atoms with Gasteiger partial charge in [-0.25, -0.2) is 9.78 Å². The summed E-state index contributed by atoms with van der Waals surface area (Å²) in [6.45, 7) is 0. The molecule has 2 aromatic heterocycles. The standard InChI is InChI=1S/C15H10ClN7O2S/c1-18-15(25)20-13-11(24)2-3-12(19-13)21-22-14-8-4-7(6-17)9(16)5-10(8)23-26-14/h2-5,24H,1H3,(H2,18,19,20,25). The van der Waals surface area contributed by atoms with Crippen molar-refractivity contribution in [1.82, 2.24) is 14.7 Å². The van der Waals surface area contributed by atoms with Gasteiger partial charge in [0.25, 0.3) is 0 Å². The molecule has 0 aliphatic carbocycles. The number of rotatable bonds is 3. The smallest absolute Gasteiger partial charge is 0.320 e. The highest BCUT2D eigenvalue weighted by molar-refractivity contribution is 7.11. The molecule has 130 valence electrons. The van der Waals surface area contributed by atoms with Crippen molar-refractivity contribution in [3.8, 4) is 11.8 Å². The number of fused-ring (bicyclic) bond motifs is 1. The number of nitrogens with one attached hydrogen (secondary N) is 2. The van der Waals surface area contributed by atoms with Crippen LogP contribution in [0.3, 0.4) is 0 Å². The summed E-state index contributed by atoms with van der Waals surface area (Å²) in [7, 11) is 1.44. The first kappa shape index (κ1) is 17.5. The number of halogens is 1. The van der Waals surface area contributed by atoms with E-state index in [1.807, 2.05) is 6.07 Å². The molecule has 0 aliphatic heterocycles. The van der Waals surface area contributed by atoms with Crippen LogP contribution in [0.15, 0.2) is 34.5 Å². The number of azo groups is 1. The van der Waals surface area contributed by atoms with Gasteiger partial charge in [-0.1, -0.05) is 11.6 Å². The minimum Gasteiger partial charge on any atom is -0.504 e. The maximum atomic E-state index is 11.4. The van der Waals surface area contributed by atoms with Crippen molar-refractivity contribution in [2.75, 3.05) is 12.4 Å². The van der Waals surface area contributed by atoms with Gasteiger partial charge in [0.2, 0.25) is 0 Å². The zero-order valence-corrected chi connectivity index (χ0v) is 14.8. The van der Waals surface area contributed by atoms with Crippen molar-refractivity contribution in [3.63, 3.8) is 0 Å². The lowest BCUT2D eigenvalue weighted by atomic mass is 10.2. The summed E-state index contributed by atoms with van der Waals surface area (Å²) in [5.41, 5.74) is 0.921. The Bertz CT molecular complexity index is 1070. The first-order valence-electron chi connectivity index (χ1n) is 7.11. The molecule has 0 spiro atoms. The highest BCUT2D eigenvalue weighted by Gasteiger charge is 2.11. The molecule has 11 heteroatoms. The average molecular weight is 388 g/mol. The van der Waals surface area contributed by atoms with Gasteiger partial charge in [-0.05, 0) is 35.8 Å². The number of benzene rings is 1. The van der Waals surface area contributed by atoms with Gasteiger partial charge >= 0.3 is 6.03 Å². The molecule has 3 rings (SSSR count). The number of amides is 2. The molecule has 0 saturated heterocycles. The Morgan fingerprint density at radius 3 is 2.92 bits per heavy atom. The van der Waals surface area contributed by atoms with Crippen molar-refractivity contribution in [2.45, 2.75) is 0 Å². The van der Waals surface area contributed by atoms with E-state index in [4.69, 9.17) is 16.9 Å². The van der Waals surface area contributed by atoms with Crippen LogP contribution in [-0.2, 0) is 0 Å². The Labute approximate surface area is 156 Å². The van der Waals surface area contributed by atoms with Crippen LogP contribution in [0.5, 0.6) is 5.75 Å². The second-order valence-electron chi connectivity index (χ2n) is 4.89. The molecule has 0 unspecified atom stereocenters. The number of hydrogen-bond donors (Lipinski definition) is 3. The molecular formula is C15H10ClN7O2S. The predicted octanol–water partition coefficient (Wildman–Crippen LogP) is 4.09. The van der Waals surface area contributed by atoms with Crippen LogP contribution >= 0.6 is 23.1 Å². The number of pyridine rings is 1. The number of hydrogen-bond acceptors (Lipinski definition) is 8. The van der Waals surface area contributed by atoms with Crippen molar-refractivity contribution >= 4 is 56.7 Å². The topological polar surface area (TPSA) is 136 Å². The number of carbonyl (C=O) groups is 1. The lowest BCUT2D eigenvalue weighted by Crippen LogP contribution is -2.24. The monoisotopic (exact) mass is 387 g/mol. The minimum absolute atomic E-state index is 0.0477. The highest BCUT2D eigenvalue weighted by atomic mass is 35.5. The fourth-order valence-corrected chi connectivity index (χ4v) is 2.84. The maximum absolute atomic E-state index is 11.4. The molecule has 9 nitrogen and oxygen atoms in total. The number of urea groups is 1. The van der Waals surface area contributed by atoms with E-state index in [0.29, 0.717) is 26.5 Å². The summed E-state index contributed by atoms with van der Waals surface area (Å²) < 4.78 is 4.22. The third kappa shape index (κ3) is 3.53. The fourth-order valence-electron chi connectivity index (χ4n) is 1.96. The Morgan fingerprint density at radius 1 is 1.38 bits per heavy atom. The van der Waals surface area contributed by atoms with Crippen LogP contribution in [0.25, 0.3) is 10.9 Å². The first-order valence-corrected chi connectivity index (χ1v) is 8.26. The highest BCUT2D eigenvalue weighted by Crippen LogP contribution is 2.35. The van der Waals surface area contributed by atoms with Crippen molar-refractivity contribution in [3.05, 3.63) is 34.9 Å². The Balaban J connectivity index is 1.93. The number of aromatic nitrogens is 2. The van der Waals surface area contributed by atoms with E-state index in [9.17, 15) is 9.90 Å². The van der Waals surface area contributed by atoms with E-state index < -0.39 is 6.03 Å². The molecule has 0 radical (unpaired) electrons. The number of nitriles is 1. The third-order valence-electron chi connectivity index (χ3n) is 3.23. The molecule has 2 heterocycles. The largest absolute Gasteiger partial charge is 0.504 e. The van der Waals surface area contributed by atoms with Gasteiger partial charge < -0.3 is 10.4 Å². The number of carbonyl (C=O) groups excluding carboxylic acids is 1. The van der Waals surface area contributed by atoms with Gasteiger partial charge in [-0.15, -0.1) is 10.2 Å². The second-order valence-corrected chi connectivity index (χ2v) is 6.05. The van der Waals surface area contributed by atoms with Crippen LogP contribution in [0.2, 0.25) is 5.02 Å². The molecule has 2 amide bonds. The molecule has 0 saturated carbocycles. The predicted molar refractivity (Wildman–Crippen MR) is 97.5 cm³/mol. The molecule has 0 bridgehead atoms. The summed E-state index contributed by atoms with van der Waals surface area (Å²) in [4.78, 5) is 15.4. The molecule has 26 heavy (non-hydrogen) atoms. The molecule has 0 atom stereocenters. The third-order valence-corrected chi connectivity index (χ3v) is 4.30. The number of aromatic hydroxyl groups is 1. The van der Waals surface area contributed by atoms with Gasteiger partial charge in [0.05, 0.1) is 16.1 Å². The van der Waals surface area contributed by atoms with Gasteiger partial charge in [-0.3, -0.25) is 5.32 Å². The number of nitrogens with zero attached hydrogens (tertiary/aromatic N) is 5. The van der Waals surface area contributed by atoms with Crippen LogP contribution in [0.4, 0.5) is 21.4 Å². The van der Waals surface area contributed by atoms with Gasteiger partial charge in [0.15, 0.2) is 22.4 Å². The van der Waals surface area contributed by atoms with Crippen molar-refractivity contribution in [1.29, 1.82) is 5.26 Å². The van der Waals surface area contributed by atoms with Gasteiger partial charge in [0.1, 0.15) is 6.07 Å². The SMILES string of the molecule is CNC(=O)Nc1nc(N=Nc2snc3cc(Cl)c(C#N)cc23)ccc1O. The van der Waals surface area contributed by atoms with Gasteiger partial charge in [0, 0.05) is 12.4 Å². The zero-order valence-electron chi connectivity index (χ0n) is 13.2. The van der Waals surface area contributed by atoms with Crippen LogP contribution in [0, 0.1) is 11.3 Å². The molecule has 0 fully saturated rings. The summed E-state index contributed by atoms with van der Waals surface area (Å²) in [5, 5.41) is 33.1. The van der Waals surface area contributed by atoms with Crippen LogP contribution in [-0.4, -0.2) is 27.5 Å².